The average molecular weight is 331 g/mol. The highest BCUT2D eigenvalue weighted by Gasteiger charge is 2.21. The molecule has 3 rings (SSSR count). The molecule has 1 heterocycles. The van der Waals surface area contributed by atoms with Gasteiger partial charge in [0.15, 0.2) is 5.11 Å². The maximum Gasteiger partial charge on any atom is 0.257 e. The highest BCUT2D eigenvalue weighted by molar-refractivity contribution is 7.80. The predicted octanol–water partition coefficient (Wildman–Crippen LogP) is 3.81. The zero-order valence-corrected chi connectivity index (χ0v) is 13.5. The molecule has 112 valence electrons. The maximum absolute atomic E-state index is 12.3. The molecule has 0 saturated heterocycles. The summed E-state index contributed by atoms with van der Waals surface area (Å²) in [6.07, 6.45) is 2.06. The second kappa shape index (κ2) is 6.46. The Labute approximate surface area is 139 Å². The molecule has 0 fully saturated rings. The zero-order chi connectivity index (χ0) is 15.5. The smallest absolute Gasteiger partial charge is 0.257 e. The molecular weight excluding hydrogens is 316 g/mol. The molecule has 1 aliphatic rings. The first-order valence-electron chi connectivity index (χ1n) is 7.11. The van der Waals surface area contributed by atoms with Gasteiger partial charge >= 0.3 is 0 Å². The van der Waals surface area contributed by atoms with Crippen molar-refractivity contribution in [2.24, 2.45) is 0 Å². The number of para-hydroxylation sites is 1. The number of thiocarbonyl (C=S) groups is 1. The second-order valence-electron chi connectivity index (χ2n) is 5.15. The van der Waals surface area contributed by atoms with E-state index >= 15 is 0 Å². The van der Waals surface area contributed by atoms with Crippen LogP contribution < -0.4 is 10.2 Å². The molecule has 5 heteroatoms. The Kier molecular flexibility index (Phi) is 4.41. The fraction of sp³-hybridized carbons (Fsp3) is 0.176. The molecule has 0 unspecified atom stereocenters. The molecule has 0 radical (unpaired) electrons. The van der Waals surface area contributed by atoms with Gasteiger partial charge in [-0.25, -0.2) is 0 Å². The van der Waals surface area contributed by atoms with Crippen molar-refractivity contribution in [2.75, 3.05) is 11.4 Å². The van der Waals surface area contributed by atoms with Gasteiger partial charge in [0, 0.05) is 22.8 Å². The third-order valence-electron chi connectivity index (χ3n) is 3.66. The summed E-state index contributed by atoms with van der Waals surface area (Å²) in [5, 5.41) is 3.75. The van der Waals surface area contributed by atoms with Gasteiger partial charge in [-0.15, -0.1) is 0 Å². The molecule has 22 heavy (non-hydrogen) atoms. The number of carbonyl (C=O) groups is 1. The lowest BCUT2D eigenvalue weighted by atomic mass is 10.0. The monoisotopic (exact) mass is 330 g/mol. The van der Waals surface area contributed by atoms with Crippen LogP contribution in [0.15, 0.2) is 48.5 Å². The topological polar surface area (TPSA) is 32.3 Å². The Hall–Kier alpha value is -1.91. The number of nitrogens with one attached hydrogen (secondary N) is 1. The largest absolute Gasteiger partial charge is 0.318 e. The van der Waals surface area contributed by atoms with Crippen molar-refractivity contribution in [3.63, 3.8) is 0 Å². The van der Waals surface area contributed by atoms with Crippen LogP contribution in [0.25, 0.3) is 0 Å². The number of hydrogen-bond donors (Lipinski definition) is 1. The minimum Gasteiger partial charge on any atom is -0.318 e. The Morgan fingerprint density at radius 3 is 2.82 bits per heavy atom. The normalized spacial score (nSPS) is 13.4. The predicted molar refractivity (Wildman–Crippen MR) is 93.6 cm³/mol. The van der Waals surface area contributed by atoms with Crippen LogP contribution >= 0.6 is 23.8 Å². The van der Waals surface area contributed by atoms with Crippen LogP contribution in [-0.2, 0) is 6.42 Å². The molecule has 1 amide bonds. The molecule has 1 N–H and O–H groups in total. The molecule has 0 atom stereocenters. The van der Waals surface area contributed by atoms with Crippen LogP contribution in [0.4, 0.5) is 5.69 Å². The maximum atomic E-state index is 12.3. The molecule has 1 aliphatic heterocycles. The van der Waals surface area contributed by atoms with Gasteiger partial charge in [-0.3, -0.25) is 10.1 Å². The summed E-state index contributed by atoms with van der Waals surface area (Å²) in [6, 6.07) is 15.0. The van der Waals surface area contributed by atoms with Crippen LogP contribution in [0, 0.1) is 0 Å². The number of nitrogens with zero attached hydrogens (tertiary/aromatic N) is 1. The first kappa shape index (κ1) is 15.0. The van der Waals surface area contributed by atoms with Crippen LogP contribution in [0.5, 0.6) is 0 Å². The third kappa shape index (κ3) is 3.13. The molecular formula is C17H15ClN2OS. The van der Waals surface area contributed by atoms with Gasteiger partial charge in [0.1, 0.15) is 0 Å². The van der Waals surface area contributed by atoms with Crippen molar-refractivity contribution in [1.29, 1.82) is 0 Å². The standard InChI is InChI=1S/C17H15ClN2OS/c18-14-8-3-6-13(11-14)16(21)19-17(22)20-10-4-7-12-5-1-2-9-15(12)20/h1-3,5-6,8-9,11H,4,7,10H2,(H,19,21,22). The van der Waals surface area contributed by atoms with Gasteiger partial charge in [-0.2, -0.15) is 0 Å². The van der Waals surface area contributed by atoms with Crippen molar-refractivity contribution in [1.82, 2.24) is 5.32 Å². The van der Waals surface area contributed by atoms with Gasteiger partial charge in [0.05, 0.1) is 0 Å². The first-order chi connectivity index (χ1) is 10.6. The Morgan fingerprint density at radius 2 is 2.00 bits per heavy atom. The Morgan fingerprint density at radius 1 is 1.18 bits per heavy atom. The van der Waals surface area contributed by atoms with Crippen molar-refractivity contribution in [3.8, 4) is 0 Å². The fourth-order valence-electron chi connectivity index (χ4n) is 2.61. The SMILES string of the molecule is O=C(NC(=S)N1CCCc2ccccc21)c1cccc(Cl)c1. The number of hydrogen-bond acceptors (Lipinski definition) is 2. The van der Waals surface area contributed by atoms with Crippen molar-refractivity contribution < 1.29 is 4.79 Å². The van der Waals surface area contributed by atoms with E-state index in [0.717, 1.165) is 25.1 Å². The minimum atomic E-state index is -0.240. The molecule has 0 spiro atoms. The van der Waals surface area contributed by atoms with Gasteiger partial charge in [0.25, 0.3) is 5.91 Å². The number of benzene rings is 2. The summed E-state index contributed by atoms with van der Waals surface area (Å²) in [7, 11) is 0. The first-order valence-corrected chi connectivity index (χ1v) is 7.90. The number of anilines is 1. The van der Waals surface area contributed by atoms with Crippen LogP contribution in [0.1, 0.15) is 22.3 Å². The summed E-state index contributed by atoms with van der Waals surface area (Å²) < 4.78 is 0. The van der Waals surface area contributed by atoms with E-state index in [1.807, 2.05) is 23.1 Å². The molecule has 3 nitrogen and oxygen atoms in total. The quantitative estimate of drug-likeness (QED) is 0.807. The third-order valence-corrected chi connectivity index (χ3v) is 4.22. The van der Waals surface area contributed by atoms with Crippen molar-refractivity contribution in [3.05, 3.63) is 64.7 Å². The molecule has 2 aromatic rings. The van der Waals surface area contributed by atoms with E-state index in [4.69, 9.17) is 23.8 Å². The molecule has 2 aromatic carbocycles. The number of halogens is 1. The minimum absolute atomic E-state index is 0.240. The summed E-state index contributed by atoms with van der Waals surface area (Å²) >= 11 is 11.3. The van der Waals surface area contributed by atoms with Crippen molar-refractivity contribution in [2.45, 2.75) is 12.8 Å². The number of fused-ring (bicyclic) bond motifs is 1. The van der Waals surface area contributed by atoms with Crippen LogP contribution in [0.2, 0.25) is 5.02 Å². The van der Waals surface area contributed by atoms with Gasteiger partial charge < -0.3 is 4.90 Å². The number of carbonyl (C=O) groups excluding carboxylic acids is 1. The summed E-state index contributed by atoms with van der Waals surface area (Å²) in [4.78, 5) is 14.3. The highest BCUT2D eigenvalue weighted by Crippen LogP contribution is 2.26. The van der Waals surface area contributed by atoms with Crippen molar-refractivity contribution >= 4 is 40.5 Å². The lowest BCUT2D eigenvalue weighted by molar-refractivity contribution is 0.0977. The van der Waals surface area contributed by atoms with Gasteiger partial charge in [-0.1, -0.05) is 35.9 Å². The summed E-state index contributed by atoms with van der Waals surface area (Å²) in [5.41, 5.74) is 2.83. The van der Waals surface area contributed by atoms with E-state index in [9.17, 15) is 4.79 Å². The van der Waals surface area contributed by atoms with E-state index in [-0.39, 0.29) is 5.91 Å². The molecule has 0 bridgehead atoms. The molecule has 0 saturated carbocycles. The molecule has 0 aliphatic carbocycles. The Bertz CT molecular complexity index is 732. The number of amides is 1. The van der Waals surface area contributed by atoms with Gasteiger partial charge in [0.2, 0.25) is 0 Å². The van der Waals surface area contributed by atoms with Crippen LogP contribution in [0.3, 0.4) is 0 Å². The summed E-state index contributed by atoms with van der Waals surface area (Å²) in [5.74, 6) is -0.240. The number of aryl methyl sites for hydroxylation is 1. The fourth-order valence-corrected chi connectivity index (χ4v) is 3.08. The van der Waals surface area contributed by atoms with E-state index in [1.165, 1.54) is 5.56 Å². The lowest BCUT2D eigenvalue weighted by Crippen LogP contribution is -2.45. The lowest BCUT2D eigenvalue weighted by Gasteiger charge is -2.31. The van der Waals surface area contributed by atoms with Gasteiger partial charge in [-0.05, 0) is 54.9 Å². The van der Waals surface area contributed by atoms with Crippen LogP contribution in [-0.4, -0.2) is 17.6 Å². The summed E-state index contributed by atoms with van der Waals surface area (Å²) in [6.45, 7) is 0.811. The average Bonchev–Trinajstić information content (AvgIpc) is 2.54. The zero-order valence-electron chi connectivity index (χ0n) is 11.9. The number of rotatable bonds is 1. The van der Waals surface area contributed by atoms with E-state index in [2.05, 4.69) is 11.4 Å². The highest BCUT2D eigenvalue weighted by atomic mass is 35.5. The molecule has 0 aromatic heterocycles. The Balaban J connectivity index is 1.77. The van der Waals surface area contributed by atoms with E-state index in [0.29, 0.717) is 15.7 Å². The second-order valence-corrected chi connectivity index (χ2v) is 5.98. The van der Waals surface area contributed by atoms with E-state index < -0.39 is 0 Å². The van der Waals surface area contributed by atoms with E-state index in [1.54, 1.807) is 24.3 Å².